The first kappa shape index (κ1) is 14.9. The summed E-state index contributed by atoms with van der Waals surface area (Å²) >= 11 is 0. The molecule has 1 heterocycles. The Bertz CT molecular complexity index is 185. The number of hydrogen-bond donors (Lipinski definition) is 2. The molecule has 1 rings (SSSR count). The highest BCUT2D eigenvalue weighted by Gasteiger charge is 2.17. The van der Waals surface area contributed by atoms with Gasteiger partial charge >= 0.3 is 0 Å². The van der Waals surface area contributed by atoms with Crippen LogP contribution in [0.25, 0.3) is 0 Å². The Balaban J connectivity index is 2.12. The fraction of sp³-hybridized carbons (Fsp3) is 1.00. The molecule has 0 saturated carbocycles. The predicted molar refractivity (Wildman–Crippen MR) is 69.1 cm³/mol. The first-order valence-electron chi connectivity index (χ1n) is 6.67. The van der Waals surface area contributed by atoms with Gasteiger partial charge in [-0.3, -0.25) is 4.90 Å². The molecular formula is C12H27N3O2. The maximum atomic E-state index is 8.87. The van der Waals surface area contributed by atoms with E-state index < -0.39 is 0 Å². The number of aliphatic hydroxyl groups is 1. The zero-order valence-corrected chi connectivity index (χ0v) is 11.0. The molecule has 0 spiro atoms. The molecule has 17 heavy (non-hydrogen) atoms. The van der Waals surface area contributed by atoms with Gasteiger partial charge in [0, 0.05) is 52.4 Å². The van der Waals surface area contributed by atoms with E-state index in [-0.39, 0.29) is 12.7 Å². The average molecular weight is 245 g/mol. The van der Waals surface area contributed by atoms with Crippen molar-refractivity contribution in [2.75, 3.05) is 59.0 Å². The van der Waals surface area contributed by atoms with Crippen molar-refractivity contribution in [3.63, 3.8) is 0 Å². The average Bonchev–Trinajstić information content (AvgIpc) is 2.36. The van der Waals surface area contributed by atoms with E-state index >= 15 is 0 Å². The van der Waals surface area contributed by atoms with Crippen LogP contribution in [0.4, 0.5) is 0 Å². The second-order valence-corrected chi connectivity index (χ2v) is 4.51. The van der Waals surface area contributed by atoms with Gasteiger partial charge in [-0.1, -0.05) is 0 Å². The third kappa shape index (κ3) is 5.79. The standard InChI is InChI=1S/C12H27N3O2/c1-2-17-12(11-13)3-4-14-5-7-15(8-6-14)9-10-16/h12,16H,2-11,13H2,1H3. The number of nitrogens with two attached hydrogens (primary N) is 1. The molecule has 5 nitrogen and oxygen atoms in total. The Morgan fingerprint density at radius 1 is 1.18 bits per heavy atom. The van der Waals surface area contributed by atoms with Crippen LogP contribution in [-0.2, 0) is 4.74 Å². The summed E-state index contributed by atoms with van der Waals surface area (Å²) in [5.74, 6) is 0. The molecule has 5 heteroatoms. The third-order valence-corrected chi connectivity index (χ3v) is 3.31. The summed E-state index contributed by atoms with van der Waals surface area (Å²) in [6.07, 6.45) is 1.22. The molecule has 3 N–H and O–H groups in total. The number of ether oxygens (including phenoxy) is 1. The number of nitrogens with zero attached hydrogens (tertiary/aromatic N) is 2. The molecule has 1 saturated heterocycles. The van der Waals surface area contributed by atoms with Crippen LogP contribution in [0.1, 0.15) is 13.3 Å². The highest BCUT2D eigenvalue weighted by molar-refractivity contribution is 4.73. The molecule has 1 fully saturated rings. The van der Waals surface area contributed by atoms with Crippen molar-refractivity contribution in [2.45, 2.75) is 19.4 Å². The predicted octanol–water partition coefficient (Wildman–Crippen LogP) is -0.650. The molecule has 0 radical (unpaired) electrons. The van der Waals surface area contributed by atoms with E-state index in [4.69, 9.17) is 15.6 Å². The van der Waals surface area contributed by atoms with Gasteiger partial charge in [0.05, 0.1) is 12.7 Å². The van der Waals surface area contributed by atoms with Crippen molar-refractivity contribution < 1.29 is 9.84 Å². The first-order valence-corrected chi connectivity index (χ1v) is 6.67. The van der Waals surface area contributed by atoms with Crippen LogP contribution in [0, 0.1) is 0 Å². The number of rotatable bonds is 8. The molecule has 1 aliphatic heterocycles. The summed E-state index contributed by atoms with van der Waals surface area (Å²) in [5.41, 5.74) is 5.66. The highest BCUT2D eigenvalue weighted by Crippen LogP contribution is 2.04. The van der Waals surface area contributed by atoms with E-state index in [0.717, 1.165) is 52.3 Å². The Kier molecular flexibility index (Phi) is 7.72. The van der Waals surface area contributed by atoms with E-state index in [1.54, 1.807) is 0 Å². The van der Waals surface area contributed by atoms with Gasteiger partial charge in [0.1, 0.15) is 0 Å². The quantitative estimate of drug-likeness (QED) is 0.595. The number of aliphatic hydroxyl groups excluding tert-OH is 1. The van der Waals surface area contributed by atoms with Gasteiger partial charge in [-0.2, -0.15) is 0 Å². The van der Waals surface area contributed by atoms with Crippen LogP contribution < -0.4 is 5.73 Å². The van der Waals surface area contributed by atoms with E-state index in [2.05, 4.69) is 9.80 Å². The molecule has 1 unspecified atom stereocenters. The SMILES string of the molecule is CCOC(CN)CCN1CCN(CCO)CC1. The Hall–Kier alpha value is -0.200. The van der Waals surface area contributed by atoms with Crippen molar-refractivity contribution in [3.05, 3.63) is 0 Å². The summed E-state index contributed by atoms with van der Waals surface area (Å²) in [7, 11) is 0. The van der Waals surface area contributed by atoms with Crippen molar-refractivity contribution in [2.24, 2.45) is 5.73 Å². The fourth-order valence-electron chi connectivity index (χ4n) is 2.21. The molecular weight excluding hydrogens is 218 g/mol. The molecule has 0 aliphatic carbocycles. The summed E-state index contributed by atoms with van der Waals surface area (Å²) in [6, 6.07) is 0. The lowest BCUT2D eigenvalue weighted by atomic mass is 10.2. The fourth-order valence-corrected chi connectivity index (χ4v) is 2.21. The first-order chi connectivity index (χ1) is 8.30. The third-order valence-electron chi connectivity index (χ3n) is 3.31. The van der Waals surface area contributed by atoms with Gasteiger partial charge in [0.25, 0.3) is 0 Å². The molecule has 0 aromatic heterocycles. The van der Waals surface area contributed by atoms with E-state index in [1.807, 2.05) is 6.92 Å². The van der Waals surface area contributed by atoms with Crippen LogP contribution >= 0.6 is 0 Å². The van der Waals surface area contributed by atoms with Crippen LogP contribution in [0.5, 0.6) is 0 Å². The summed E-state index contributed by atoms with van der Waals surface area (Å²) < 4.78 is 5.55. The van der Waals surface area contributed by atoms with Crippen molar-refractivity contribution >= 4 is 0 Å². The number of hydrogen-bond acceptors (Lipinski definition) is 5. The Morgan fingerprint density at radius 2 is 1.76 bits per heavy atom. The largest absolute Gasteiger partial charge is 0.395 e. The Morgan fingerprint density at radius 3 is 2.24 bits per heavy atom. The maximum Gasteiger partial charge on any atom is 0.0709 e. The molecule has 0 aromatic rings. The summed E-state index contributed by atoms with van der Waals surface area (Å²) in [5, 5.41) is 8.87. The number of β-amino-alcohol motifs (C(OH)–C–C–N with tert-alkyl or cyclic N) is 1. The van der Waals surface area contributed by atoms with Crippen molar-refractivity contribution in [3.8, 4) is 0 Å². The molecule has 1 atom stereocenters. The van der Waals surface area contributed by atoms with E-state index in [1.165, 1.54) is 0 Å². The van der Waals surface area contributed by atoms with Crippen molar-refractivity contribution in [1.29, 1.82) is 0 Å². The maximum absolute atomic E-state index is 8.87. The molecule has 0 aromatic carbocycles. The van der Waals surface area contributed by atoms with Gasteiger partial charge in [0.15, 0.2) is 0 Å². The second-order valence-electron chi connectivity index (χ2n) is 4.51. The van der Waals surface area contributed by atoms with Crippen LogP contribution in [-0.4, -0.2) is 80.0 Å². The van der Waals surface area contributed by atoms with Crippen LogP contribution in [0.2, 0.25) is 0 Å². The minimum atomic E-state index is 0.204. The minimum Gasteiger partial charge on any atom is -0.395 e. The molecule has 102 valence electrons. The summed E-state index contributed by atoms with van der Waals surface area (Å²) in [6.45, 7) is 9.78. The van der Waals surface area contributed by atoms with Gasteiger partial charge in [-0.25, -0.2) is 0 Å². The lowest BCUT2D eigenvalue weighted by Gasteiger charge is -2.34. The highest BCUT2D eigenvalue weighted by atomic mass is 16.5. The Labute approximate surface area is 105 Å². The molecule has 1 aliphatic rings. The molecule has 0 amide bonds. The molecule has 0 bridgehead atoms. The van der Waals surface area contributed by atoms with Crippen LogP contribution in [0.15, 0.2) is 0 Å². The summed E-state index contributed by atoms with van der Waals surface area (Å²) in [4.78, 5) is 4.76. The van der Waals surface area contributed by atoms with Gasteiger partial charge in [-0.05, 0) is 13.3 Å². The van der Waals surface area contributed by atoms with Crippen LogP contribution in [0.3, 0.4) is 0 Å². The number of piperazine rings is 1. The van der Waals surface area contributed by atoms with Gasteiger partial charge < -0.3 is 20.5 Å². The van der Waals surface area contributed by atoms with Gasteiger partial charge in [-0.15, -0.1) is 0 Å². The zero-order valence-electron chi connectivity index (χ0n) is 11.0. The van der Waals surface area contributed by atoms with E-state index in [9.17, 15) is 0 Å². The lowest BCUT2D eigenvalue weighted by molar-refractivity contribution is 0.0460. The monoisotopic (exact) mass is 245 g/mol. The lowest BCUT2D eigenvalue weighted by Crippen LogP contribution is -2.48. The second kappa shape index (κ2) is 8.83. The van der Waals surface area contributed by atoms with E-state index in [0.29, 0.717) is 6.54 Å². The smallest absolute Gasteiger partial charge is 0.0709 e. The van der Waals surface area contributed by atoms with Gasteiger partial charge in [0.2, 0.25) is 0 Å². The normalized spacial score (nSPS) is 20.6. The van der Waals surface area contributed by atoms with Crippen molar-refractivity contribution in [1.82, 2.24) is 9.80 Å². The topological polar surface area (TPSA) is 62.0 Å². The zero-order chi connectivity index (χ0) is 12.5. The minimum absolute atomic E-state index is 0.204.